The molecule has 0 aliphatic rings. The smallest absolute Gasteiger partial charge is 0.272 e. The molecular weight excluding hydrogens is 363 g/mol. The second-order valence-electron chi connectivity index (χ2n) is 6.34. The lowest BCUT2D eigenvalue weighted by Crippen LogP contribution is -1.95. The first-order chi connectivity index (χ1) is 13.4. The summed E-state index contributed by atoms with van der Waals surface area (Å²) >= 11 is 0. The fraction of sp³-hybridized carbons (Fsp3) is 0.100. The summed E-state index contributed by atoms with van der Waals surface area (Å²) in [6.07, 6.45) is 3.38. The van der Waals surface area contributed by atoms with Gasteiger partial charge in [-0.1, -0.05) is 0 Å². The average Bonchev–Trinajstić information content (AvgIpc) is 3.02. The number of hydrogen-bond acceptors (Lipinski definition) is 5. The lowest BCUT2D eigenvalue weighted by Gasteiger charge is -2.13. The molecule has 0 radical (unpaired) electrons. The van der Waals surface area contributed by atoms with Crippen LogP contribution in [0.4, 0.5) is 10.1 Å². The predicted octanol–water partition coefficient (Wildman–Crippen LogP) is 4.78. The molecule has 0 amide bonds. The van der Waals surface area contributed by atoms with Crippen LogP contribution in [0.25, 0.3) is 22.0 Å². The Balaban J connectivity index is 1.86. The summed E-state index contributed by atoms with van der Waals surface area (Å²) < 4.78 is 21.9. The molecule has 0 unspecified atom stereocenters. The number of nitrogens with zero attached hydrogens (tertiary/aromatic N) is 4. The number of nitro groups is 1. The zero-order valence-electron chi connectivity index (χ0n) is 15.1. The third kappa shape index (κ3) is 3.16. The van der Waals surface area contributed by atoms with Crippen molar-refractivity contribution >= 4 is 16.6 Å². The van der Waals surface area contributed by atoms with Gasteiger partial charge in [-0.05, 0) is 42.8 Å². The van der Waals surface area contributed by atoms with Gasteiger partial charge in [0.1, 0.15) is 5.75 Å². The van der Waals surface area contributed by atoms with Crippen molar-refractivity contribution in [1.82, 2.24) is 14.8 Å². The first-order valence-corrected chi connectivity index (χ1v) is 8.43. The summed E-state index contributed by atoms with van der Waals surface area (Å²) in [5.74, 6) is -0.489. The highest BCUT2D eigenvalue weighted by molar-refractivity contribution is 5.88. The molecule has 0 saturated carbocycles. The van der Waals surface area contributed by atoms with E-state index in [2.05, 4.69) is 10.1 Å². The lowest BCUT2D eigenvalue weighted by atomic mass is 10.0. The van der Waals surface area contributed by atoms with Gasteiger partial charge in [0.2, 0.25) is 0 Å². The van der Waals surface area contributed by atoms with E-state index in [1.165, 1.54) is 12.1 Å². The molecule has 2 aromatic carbocycles. The molecule has 0 bridgehead atoms. The lowest BCUT2D eigenvalue weighted by molar-refractivity contribution is -0.385. The van der Waals surface area contributed by atoms with Crippen LogP contribution in [0.3, 0.4) is 0 Å². The van der Waals surface area contributed by atoms with Gasteiger partial charge in [-0.25, -0.2) is 4.39 Å². The summed E-state index contributed by atoms with van der Waals surface area (Å²) in [5.41, 5.74) is 2.97. The second-order valence-corrected chi connectivity index (χ2v) is 6.34. The van der Waals surface area contributed by atoms with Crippen LogP contribution in [0.15, 0.2) is 54.9 Å². The van der Waals surface area contributed by atoms with Gasteiger partial charge in [0.15, 0.2) is 11.6 Å². The number of pyridine rings is 1. The predicted molar refractivity (Wildman–Crippen MR) is 102 cm³/mol. The number of hydrogen-bond donors (Lipinski definition) is 0. The maximum atomic E-state index is 14.4. The van der Waals surface area contributed by atoms with Crippen LogP contribution >= 0.6 is 0 Å². The van der Waals surface area contributed by atoms with Crippen molar-refractivity contribution in [2.75, 3.05) is 0 Å². The molecule has 0 fully saturated rings. The van der Waals surface area contributed by atoms with Gasteiger partial charge >= 0.3 is 0 Å². The van der Waals surface area contributed by atoms with Gasteiger partial charge in [0.25, 0.3) is 5.69 Å². The van der Waals surface area contributed by atoms with Gasteiger partial charge < -0.3 is 4.74 Å². The molecule has 0 spiro atoms. The number of ether oxygens (including phenoxy) is 1. The van der Waals surface area contributed by atoms with Crippen LogP contribution in [-0.2, 0) is 7.05 Å². The van der Waals surface area contributed by atoms with Crippen molar-refractivity contribution in [3.8, 4) is 22.6 Å². The van der Waals surface area contributed by atoms with Gasteiger partial charge in [0.05, 0.1) is 22.7 Å². The minimum Gasteiger partial charge on any atom is -0.454 e. The van der Waals surface area contributed by atoms with Crippen LogP contribution in [0, 0.1) is 22.9 Å². The van der Waals surface area contributed by atoms with Crippen molar-refractivity contribution in [2.24, 2.45) is 7.05 Å². The van der Waals surface area contributed by atoms with E-state index in [4.69, 9.17) is 4.74 Å². The van der Waals surface area contributed by atoms with Gasteiger partial charge in [-0.2, -0.15) is 5.10 Å². The Bertz CT molecular complexity index is 1220. The number of halogens is 1. The third-order valence-corrected chi connectivity index (χ3v) is 4.40. The number of benzene rings is 2. The van der Waals surface area contributed by atoms with Crippen LogP contribution in [-0.4, -0.2) is 19.7 Å². The van der Waals surface area contributed by atoms with Crippen molar-refractivity contribution in [2.45, 2.75) is 6.92 Å². The molecule has 2 heterocycles. The maximum absolute atomic E-state index is 14.4. The molecule has 8 heteroatoms. The number of non-ortho nitro benzene ring substituents is 1. The quantitative estimate of drug-likeness (QED) is 0.377. The molecule has 0 N–H and O–H groups in total. The molecule has 0 atom stereocenters. The van der Waals surface area contributed by atoms with Crippen molar-refractivity contribution < 1.29 is 14.1 Å². The first kappa shape index (κ1) is 17.6. The fourth-order valence-electron chi connectivity index (χ4n) is 3.01. The topological polar surface area (TPSA) is 83.1 Å². The number of rotatable bonds is 4. The Labute approximate surface area is 159 Å². The normalized spacial score (nSPS) is 11.0. The van der Waals surface area contributed by atoms with Crippen molar-refractivity contribution in [3.05, 3.63) is 76.5 Å². The monoisotopic (exact) mass is 378 g/mol. The molecule has 0 aliphatic heterocycles. The maximum Gasteiger partial charge on any atom is 0.272 e. The molecular formula is C20H15FN4O3. The molecule has 4 rings (SSSR count). The van der Waals surface area contributed by atoms with Crippen molar-refractivity contribution in [1.29, 1.82) is 0 Å². The van der Waals surface area contributed by atoms with Gasteiger partial charge in [-0.3, -0.25) is 19.8 Å². The summed E-state index contributed by atoms with van der Waals surface area (Å²) in [5, 5.41) is 15.9. The summed E-state index contributed by atoms with van der Waals surface area (Å²) in [7, 11) is 1.83. The molecule has 140 valence electrons. The van der Waals surface area contributed by atoms with E-state index in [1.54, 1.807) is 23.1 Å². The molecule has 7 nitrogen and oxygen atoms in total. The summed E-state index contributed by atoms with van der Waals surface area (Å²) in [4.78, 5) is 14.4. The molecule has 28 heavy (non-hydrogen) atoms. The Morgan fingerprint density at radius 1 is 1.14 bits per heavy atom. The van der Waals surface area contributed by atoms with E-state index in [-0.39, 0.29) is 11.4 Å². The minimum absolute atomic E-state index is 0.0964. The van der Waals surface area contributed by atoms with E-state index in [0.717, 1.165) is 33.8 Å². The molecule has 0 saturated heterocycles. The van der Waals surface area contributed by atoms with Crippen LogP contribution in [0.2, 0.25) is 0 Å². The third-order valence-electron chi connectivity index (χ3n) is 4.40. The zero-order valence-corrected chi connectivity index (χ0v) is 15.1. The number of aryl methyl sites for hydroxylation is 2. The van der Waals surface area contributed by atoms with E-state index >= 15 is 0 Å². The summed E-state index contributed by atoms with van der Waals surface area (Å²) in [6, 6.07) is 10.7. The highest BCUT2D eigenvalue weighted by Gasteiger charge is 2.16. The fourth-order valence-corrected chi connectivity index (χ4v) is 3.01. The van der Waals surface area contributed by atoms with E-state index in [1.807, 2.05) is 32.2 Å². The molecule has 2 aromatic heterocycles. The number of fused-ring (bicyclic) bond motifs is 1. The van der Waals surface area contributed by atoms with Crippen molar-refractivity contribution in [3.63, 3.8) is 0 Å². The zero-order chi connectivity index (χ0) is 19.8. The summed E-state index contributed by atoms with van der Waals surface area (Å²) in [6.45, 7) is 1.88. The SMILES string of the molecule is Cc1cc(-c2cc3c(cnn3C)cc2Oc2ccc([N+](=O)[O-])cc2F)ccn1. The standard InChI is InChI=1S/C20H15FN4O3/c1-12-7-13(5-6-22-12)16-10-18-14(11-23-24(18)2)8-20(16)28-19-4-3-15(25(26)27)9-17(19)21/h3-11H,1-2H3. The minimum atomic E-state index is -0.808. The van der Waals surface area contributed by atoms with Crippen LogP contribution < -0.4 is 4.74 Å². The number of aromatic nitrogens is 3. The van der Waals surface area contributed by atoms with E-state index < -0.39 is 10.7 Å². The van der Waals surface area contributed by atoms with Gasteiger partial charge in [0, 0.05) is 36.0 Å². The Morgan fingerprint density at radius 2 is 1.96 bits per heavy atom. The second kappa shape index (κ2) is 6.73. The molecule has 0 aliphatic carbocycles. The largest absolute Gasteiger partial charge is 0.454 e. The number of nitro benzene ring substituents is 1. The Hall–Kier alpha value is -3.81. The molecule has 4 aromatic rings. The van der Waals surface area contributed by atoms with Crippen LogP contribution in [0.5, 0.6) is 11.5 Å². The average molecular weight is 378 g/mol. The Morgan fingerprint density at radius 3 is 2.68 bits per heavy atom. The Kier molecular flexibility index (Phi) is 4.23. The first-order valence-electron chi connectivity index (χ1n) is 8.43. The van der Waals surface area contributed by atoms with E-state index in [0.29, 0.717) is 5.75 Å². The highest BCUT2D eigenvalue weighted by Crippen LogP contribution is 2.38. The van der Waals surface area contributed by atoms with Crippen LogP contribution in [0.1, 0.15) is 5.69 Å². The highest BCUT2D eigenvalue weighted by atomic mass is 19.1. The van der Waals surface area contributed by atoms with E-state index in [9.17, 15) is 14.5 Å². The van der Waals surface area contributed by atoms with Gasteiger partial charge in [-0.15, -0.1) is 0 Å².